The van der Waals surface area contributed by atoms with E-state index in [2.05, 4.69) is 35.6 Å². The molecule has 0 aromatic carbocycles. The van der Waals surface area contributed by atoms with Crippen molar-refractivity contribution in [1.29, 1.82) is 0 Å². The fourth-order valence-corrected chi connectivity index (χ4v) is 1.89. The van der Waals surface area contributed by atoms with Gasteiger partial charge in [0.2, 0.25) is 0 Å². The van der Waals surface area contributed by atoms with Crippen LogP contribution in [0.1, 0.15) is 13.3 Å². The van der Waals surface area contributed by atoms with Crippen molar-refractivity contribution in [2.24, 2.45) is 0 Å². The molecule has 0 bridgehead atoms. The maximum Gasteiger partial charge on any atom is 0.0328 e. The molecule has 0 unspecified atom stereocenters. The summed E-state index contributed by atoms with van der Waals surface area (Å²) < 4.78 is 0.850. The average Bonchev–Trinajstić information content (AvgIpc) is 1.33. The largest absolute Gasteiger partial charge is 0.0777 e. The van der Waals surface area contributed by atoms with Crippen LogP contribution in [0, 0.1) is 0 Å². The first kappa shape index (κ1) is 4.62. The van der Waals surface area contributed by atoms with Gasteiger partial charge in [0, 0.05) is 3.92 Å². The zero-order chi connectivity index (χ0) is 4.57. The Morgan fingerprint density at radius 1 is 2.00 bits per heavy atom. The molecule has 0 saturated heterocycles. The minimum Gasteiger partial charge on any atom is -0.0777 e. The number of rotatable bonds is 0. The number of halogens is 1. The standard InChI is InChI=1S/C5H7I/c1-4-2-5(6)3-4/h2,5H,3H2,1H3/t5-/m0/s1. The van der Waals surface area contributed by atoms with Gasteiger partial charge in [-0.15, -0.1) is 0 Å². The molecule has 0 aliphatic heterocycles. The van der Waals surface area contributed by atoms with E-state index in [1.807, 2.05) is 0 Å². The predicted molar refractivity (Wildman–Crippen MR) is 36.2 cm³/mol. The monoisotopic (exact) mass is 194 g/mol. The van der Waals surface area contributed by atoms with Crippen LogP contribution < -0.4 is 0 Å². The summed E-state index contributed by atoms with van der Waals surface area (Å²) in [5.41, 5.74) is 1.55. The van der Waals surface area contributed by atoms with Crippen molar-refractivity contribution < 1.29 is 0 Å². The first-order valence-electron chi connectivity index (χ1n) is 2.10. The Morgan fingerprint density at radius 2 is 2.50 bits per heavy atom. The topological polar surface area (TPSA) is 0 Å². The van der Waals surface area contributed by atoms with Crippen molar-refractivity contribution in [3.8, 4) is 0 Å². The zero-order valence-corrected chi connectivity index (χ0v) is 5.90. The van der Waals surface area contributed by atoms with E-state index in [-0.39, 0.29) is 0 Å². The zero-order valence-electron chi connectivity index (χ0n) is 3.74. The van der Waals surface area contributed by atoms with E-state index >= 15 is 0 Å². The van der Waals surface area contributed by atoms with Gasteiger partial charge in [-0.2, -0.15) is 0 Å². The predicted octanol–water partition coefficient (Wildman–Crippen LogP) is 2.14. The summed E-state index contributed by atoms with van der Waals surface area (Å²) in [6.45, 7) is 2.18. The lowest BCUT2D eigenvalue weighted by molar-refractivity contribution is 0.920. The summed E-state index contributed by atoms with van der Waals surface area (Å²) >= 11 is 2.43. The van der Waals surface area contributed by atoms with Gasteiger partial charge in [-0.3, -0.25) is 0 Å². The van der Waals surface area contributed by atoms with Gasteiger partial charge in [0.1, 0.15) is 0 Å². The minimum atomic E-state index is 0.850. The molecule has 0 heterocycles. The molecular formula is C5H7I. The summed E-state index contributed by atoms with van der Waals surface area (Å²) in [6, 6.07) is 0. The molecule has 0 nitrogen and oxygen atoms in total. The number of allylic oxidation sites excluding steroid dienone is 2. The number of hydrogen-bond acceptors (Lipinski definition) is 0. The van der Waals surface area contributed by atoms with Gasteiger partial charge in [0.15, 0.2) is 0 Å². The van der Waals surface area contributed by atoms with Crippen molar-refractivity contribution >= 4 is 22.6 Å². The van der Waals surface area contributed by atoms with Crippen LogP contribution in [0.15, 0.2) is 11.6 Å². The average molecular weight is 194 g/mol. The molecule has 0 radical (unpaired) electrons. The van der Waals surface area contributed by atoms with Crippen LogP contribution in [0.4, 0.5) is 0 Å². The molecule has 1 rings (SSSR count). The highest BCUT2D eigenvalue weighted by Gasteiger charge is 2.09. The van der Waals surface area contributed by atoms with Crippen molar-refractivity contribution in [3.63, 3.8) is 0 Å². The maximum absolute atomic E-state index is 2.43. The van der Waals surface area contributed by atoms with Gasteiger partial charge in [-0.1, -0.05) is 34.2 Å². The third-order valence-electron chi connectivity index (χ3n) is 0.982. The third-order valence-corrected chi connectivity index (χ3v) is 1.78. The molecule has 0 aromatic rings. The Labute approximate surface area is 51.8 Å². The van der Waals surface area contributed by atoms with Gasteiger partial charge in [-0.05, 0) is 13.3 Å². The summed E-state index contributed by atoms with van der Waals surface area (Å²) in [5, 5.41) is 0. The van der Waals surface area contributed by atoms with Crippen LogP contribution in [0.25, 0.3) is 0 Å². The van der Waals surface area contributed by atoms with E-state index in [1.165, 1.54) is 6.42 Å². The van der Waals surface area contributed by atoms with Gasteiger partial charge in [-0.25, -0.2) is 0 Å². The Kier molecular flexibility index (Phi) is 1.17. The second kappa shape index (κ2) is 1.52. The molecule has 6 heavy (non-hydrogen) atoms. The van der Waals surface area contributed by atoms with Crippen LogP contribution >= 0.6 is 22.6 Å². The van der Waals surface area contributed by atoms with E-state index in [4.69, 9.17) is 0 Å². The highest BCUT2D eigenvalue weighted by Crippen LogP contribution is 2.24. The highest BCUT2D eigenvalue weighted by molar-refractivity contribution is 14.1. The van der Waals surface area contributed by atoms with Crippen LogP contribution in [-0.4, -0.2) is 3.92 Å². The molecule has 0 spiro atoms. The van der Waals surface area contributed by atoms with Gasteiger partial charge in [0.05, 0.1) is 0 Å². The first-order chi connectivity index (χ1) is 2.79. The summed E-state index contributed by atoms with van der Waals surface area (Å²) in [6.07, 6.45) is 3.61. The highest BCUT2D eigenvalue weighted by atomic mass is 127. The normalized spacial score (nSPS) is 31.7. The van der Waals surface area contributed by atoms with Crippen LogP contribution in [0.3, 0.4) is 0 Å². The Bertz CT molecular complexity index is 83.9. The SMILES string of the molecule is CC1=C[C@H](I)C1. The lowest BCUT2D eigenvalue weighted by Crippen LogP contribution is -2.04. The molecule has 1 aliphatic rings. The van der Waals surface area contributed by atoms with Crippen molar-refractivity contribution in [1.82, 2.24) is 0 Å². The van der Waals surface area contributed by atoms with Crippen molar-refractivity contribution in [3.05, 3.63) is 11.6 Å². The molecule has 0 aromatic heterocycles. The van der Waals surface area contributed by atoms with E-state index < -0.39 is 0 Å². The molecule has 1 heteroatoms. The lowest BCUT2D eigenvalue weighted by atomic mass is 10.0. The summed E-state index contributed by atoms with van der Waals surface area (Å²) in [4.78, 5) is 0. The van der Waals surface area contributed by atoms with Crippen LogP contribution in [-0.2, 0) is 0 Å². The van der Waals surface area contributed by atoms with Crippen molar-refractivity contribution in [2.45, 2.75) is 17.3 Å². The molecule has 0 N–H and O–H groups in total. The second-order valence-electron chi connectivity index (χ2n) is 1.73. The summed E-state index contributed by atoms with van der Waals surface area (Å²) in [7, 11) is 0. The fraction of sp³-hybridized carbons (Fsp3) is 0.600. The smallest absolute Gasteiger partial charge is 0.0328 e. The molecule has 1 atom stereocenters. The Balaban J connectivity index is 2.46. The Hall–Kier alpha value is 0.470. The van der Waals surface area contributed by atoms with E-state index in [1.54, 1.807) is 5.57 Å². The van der Waals surface area contributed by atoms with E-state index in [9.17, 15) is 0 Å². The second-order valence-corrected chi connectivity index (χ2v) is 3.33. The van der Waals surface area contributed by atoms with Crippen LogP contribution in [0.2, 0.25) is 0 Å². The molecule has 34 valence electrons. The number of alkyl halides is 1. The molecule has 1 aliphatic carbocycles. The van der Waals surface area contributed by atoms with Gasteiger partial charge >= 0.3 is 0 Å². The molecule has 0 amide bonds. The molecule has 0 fully saturated rings. The molecular weight excluding hydrogens is 187 g/mol. The summed E-state index contributed by atoms with van der Waals surface area (Å²) in [5.74, 6) is 0. The lowest BCUT2D eigenvalue weighted by Gasteiger charge is -2.14. The quantitative estimate of drug-likeness (QED) is 0.315. The van der Waals surface area contributed by atoms with E-state index in [0.29, 0.717) is 0 Å². The van der Waals surface area contributed by atoms with E-state index in [0.717, 1.165) is 3.92 Å². The van der Waals surface area contributed by atoms with Crippen molar-refractivity contribution in [2.75, 3.05) is 0 Å². The number of hydrogen-bond donors (Lipinski definition) is 0. The van der Waals surface area contributed by atoms with Gasteiger partial charge < -0.3 is 0 Å². The van der Waals surface area contributed by atoms with Gasteiger partial charge in [0.25, 0.3) is 0 Å². The first-order valence-corrected chi connectivity index (χ1v) is 3.35. The molecule has 0 saturated carbocycles. The maximum atomic E-state index is 2.43. The fourth-order valence-electron chi connectivity index (χ4n) is 0.583. The van der Waals surface area contributed by atoms with Crippen LogP contribution in [0.5, 0.6) is 0 Å². The Morgan fingerprint density at radius 3 is 2.50 bits per heavy atom. The third kappa shape index (κ3) is 0.750. The minimum absolute atomic E-state index is 0.850.